The van der Waals surface area contributed by atoms with Crippen LogP contribution in [-0.4, -0.2) is 92.3 Å². The fourth-order valence-corrected chi connectivity index (χ4v) is 2.89. The number of ether oxygens (including phenoxy) is 1. The highest BCUT2D eigenvalue weighted by atomic mass is 16.6. The van der Waals surface area contributed by atoms with Crippen LogP contribution in [0.15, 0.2) is 12.1 Å². The minimum Gasteiger partial charge on any atom is -0.490 e. The summed E-state index contributed by atoms with van der Waals surface area (Å²) in [5, 5.41) is 11.4. The van der Waals surface area contributed by atoms with Crippen LogP contribution in [0.25, 0.3) is 0 Å². The van der Waals surface area contributed by atoms with E-state index in [1.807, 2.05) is 0 Å². The van der Waals surface area contributed by atoms with Crippen LogP contribution < -0.4 is 9.64 Å². The van der Waals surface area contributed by atoms with E-state index >= 15 is 0 Å². The van der Waals surface area contributed by atoms with Gasteiger partial charge in [0.15, 0.2) is 5.75 Å². The highest BCUT2D eigenvalue weighted by Gasteiger charge is 2.32. The van der Waals surface area contributed by atoms with Gasteiger partial charge < -0.3 is 19.4 Å². The summed E-state index contributed by atoms with van der Waals surface area (Å²) in [6, 6.07) is 2.72. The molecule has 1 aliphatic rings. The summed E-state index contributed by atoms with van der Waals surface area (Å²) in [6.45, 7) is -0.183. The van der Waals surface area contributed by atoms with Crippen LogP contribution in [0.2, 0.25) is 0 Å². The number of carbonyl (C=O) groups is 3. The summed E-state index contributed by atoms with van der Waals surface area (Å²) in [4.78, 5) is 53.8. The first-order valence-corrected chi connectivity index (χ1v) is 8.83. The molecule has 1 heterocycles. The fourth-order valence-electron chi connectivity index (χ4n) is 2.89. The van der Waals surface area contributed by atoms with Gasteiger partial charge in [-0.15, -0.1) is 0 Å². The van der Waals surface area contributed by atoms with Gasteiger partial charge in [0.2, 0.25) is 17.7 Å². The van der Waals surface area contributed by atoms with Crippen molar-refractivity contribution >= 4 is 29.1 Å². The Morgan fingerprint density at radius 1 is 1.10 bits per heavy atom. The minimum atomic E-state index is -0.603. The Bertz CT molecular complexity index is 838. The molecule has 3 amide bonds. The monoisotopic (exact) mass is 407 g/mol. The number of hydrogen-bond donors (Lipinski definition) is 0. The van der Waals surface area contributed by atoms with Crippen LogP contribution in [0.4, 0.5) is 11.4 Å². The highest BCUT2D eigenvalue weighted by Crippen LogP contribution is 2.37. The average Bonchev–Trinajstić information content (AvgIpc) is 2.76. The van der Waals surface area contributed by atoms with E-state index in [1.165, 1.54) is 33.9 Å². The second-order valence-electron chi connectivity index (χ2n) is 7.11. The van der Waals surface area contributed by atoms with Gasteiger partial charge in [0.05, 0.1) is 30.8 Å². The molecule has 0 aliphatic carbocycles. The lowest BCUT2D eigenvalue weighted by molar-refractivity contribution is -0.385. The van der Waals surface area contributed by atoms with E-state index in [2.05, 4.69) is 0 Å². The maximum atomic E-state index is 12.9. The summed E-state index contributed by atoms with van der Waals surface area (Å²) < 4.78 is 5.14. The Hall–Kier alpha value is -3.21. The summed E-state index contributed by atoms with van der Waals surface area (Å²) in [5.41, 5.74) is 0.507. The van der Waals surface area contributed by atoms with Crippen molar-refractivity contribution in [3.8, 4) is 5.75 Å². The van der Waals surface area contributed by atoms with Crippen molar-refractivity contribution in [2.45, 2.75) is 6.54 Å². The largest absolute Gasteiger partial charge is 0.490 e. The first-order chi connectivity index (χ1) is 13.5. The van der Waals surface area contributed by atoms with E-state index in [0.717, 1.165) is 0 Å². The van der Waals surface area contributed by atoms with E-state index in [9.17, 15) is 24.5 Å². The van der Waals surface area contributed by atoms with Gasteiger partial charge in [-0.1, -0.05) is 0 Å². The predicted molar refractivity (Wildman–Crippen MR) is 105 cm³/mol. The molecule has 11 nitrogen and oxygen atoms in total. The molecule has 0 spiro atoms. The molecular weight excluding hydrogens is 382 g/mol. The van der Waals surface area contributed by atoms with Gasteiger partial charge in [0.25, 0.3) is 0 Å². The number of hydrogen-bond acceptors (Lipinski definition) is 7. The topological polar surface area (TPSA) is 117 Å². The Balaban J connectivity index is 2.54. The van der Waals surface area contributed by atoms with Gasteiger partial charge in [-0.2, -0.15) is 0 Å². The smallest absolute Gasteiger partial charge is 0.313 e. The number of benzene rings is 1. The number of rotatable bonds is 6. The zero-order chi connectivity index (χ0) is 21.9. The third-order valence-corrected chi connectivity index (χ3v) is 4.57. The fraction of sp³-hybridized carbons (Fsp3) is 0.500. The van der Waals surface area contributed by atoms with Crippen LogP contribution in [0.3, 0.4) is 0 Å². The lowest BCUT2D eigenvalue weighted by atomic mass is 10.1. The van der Waals surface area contributed by atoms with Crippen LogP contribution in [-0.2, 0) is 20.9 Å². The maximum absolute atomic E-state index is 12.9. The third-order valence-electron chi connectivity index (χ3n) is 4.57. The molecule has 11 heteroatoms. The van der Waals surface area contributed by atoms with Crippen LogP contribution in [0, 0.1) is 10.1 Å². The molecule has 0 unspecified atom stereocenters. The molecule has 1 aromatic carbocycles. The molecule has 0 saturated carbocycles. The van der Waals surface area contributed by atoms with Crippen molar-refractivity contribution in [3.05, 3.63) is 27.8 Å². The molecule has 0 aromatic heterocycles. The lowest BCUT2D eigenvalue weighted by Gasteiger charge is -2.24. The quantitative estimate of drug-likeness (QED) is 0.479. The molecule has 0 bridgehead atoms. The Morgan fingerprint density at radius 3 is 2.21 bits per heavy atom. The molecule has 2 rings (SSSR count). The van der Waals surface area contributed by atoms with E-state index < -0.39 is 10.8 Å². The molecule has 0 N–H and O–H groups in total. The average molecular weight is 407 g/mol. The second-order valence-corrected chi connectivity index (χ2v) is 7.11. The molecule has 29 heavy (non-hydrogen) atoms. The molecular formula is C18H25N5O6. The van der Waals surface area contributed by atoms with Crippen molar-refractivity contribution in [2.24, 2.45) is 0 Å². The van der Waals surface area contributed by atoms with Gasteiger partial charge >= 0.3 is 5.69 Å². The Labute approximate surface area is 168 Å². The summed E-state index contributed by atoms with van der Waals surface area (Å²) in [5.74, 6) is -0.905. The summed E-state index contributed by atoms with van der Waals surface area (Å²) in [7, 11) is 7.67. The Morgan fingerprint density at radius 2 is 1.69 bits per heavy atom. The summed E-state index contributed by atoms with van der Waals surface area (Å²) in [6.07, 6.45) is 0. The maximum Gasteiger partial charge on any atom is 0.313 e. The summed E-state index contributed by atoms with van der Waals surface area (Å²) >= 11 is 0. The molecule has 1 aromatic rings. The van der Waals surface area contributed by atoms with Gasteiger partial charge in [0.1, 0.15) is 6.54 Å². The van der Waals surface area contributed by atoms with E-state index in [0.29, 0.717) is 5.56 Å². The van der Waals surface area contributed by atoms with Crippen LogP contribution in [0.5, 0.6) is 5.75 Å². The number of nitro benzene ring substituents is 1. The van der Waals surface area contributed by atoms with Crippen molar-refractivity contribution in [3.63, 3.8) is 0 Å². The first kappa shape index (κ1) is 22.1. The van der Waals surface area contributed by atoms with Gasteiger partial charge in [0, 0.05) is 40.8 Å². The van der Waals surface area contributed by atoms with Crippen molar-refractivity contribution in [2.75, 3.05) is 59.8 Å². The number of likely N-dealkylation sites (N-methyl/N-ethyl adjacent to an activating group) is 2. The van der Waals surface area contributed by atoms with E-state index in [-0.39, 0.29) is 55.1 Å². The molecule has 0 atom stereocenters. The zero-order valence-corrected chi connectivity index (χ0v) is 17.2. The number of carbonyl (C=O) groups excluding carboxylic acids is 3. The number of nitrogens with zero attached hydrogens (tertiary/aromatic N) is 5. The highest BCUT2D eigenvalue weighted by molar-refractivity contribution is 6.01. The van der Waals surface area contributed by atoms with E-state index in [1.54, 1.807) is 33.1 Å². The molecule has 0 fully saturated rings. The normalized spacial score (nSPS) is 14.1. The molecule has 0 radical (unpaired) electrons. The van der Waals surface area contributed by atoms with Crippen molar-refractivity contribution in [1.82, 2.24) is 14.7 Å². The van der Waals surface area contributed by atoms with Crippen LogP contribution in [0.1, 0.15) is 5.56 Å². The number of amides is 3. The van der Waals surface area contributed by atoms with Gasteiger partial charge in [-0.25, -0.2) is 0 Å². The SMILES string of the molecule is COc1cc2c(cc1[N+](=O)[O-])N(CC(=O)N(C)C)C(=O)CN(CC(=O)N(C)C)C2. The number of anilines is 1. The lowest BCUT2D eigenvalue weighted by Crippen LogP contribution is -2.44. The minimum absolute atomic E-state index is 0.00699. The van der Waals surface area contributed by atoms with Crippen molar-refractivity contribution in [1.29, 1.82) is 0 Å². The number of fused-ring (bicyclic) bond motifs is 1. The third kappa shape index (κ3) is 4.99. The van der Waals surface area contributed by atoms with E-state index in [4.69, 9.17) is 4.74 Å². The molecule has 0 saturated heterocycles. The molecule has 158 valence electrons. The first-order valence-electron chi connectivity index (χ1n) is 8.83. The molecule has 1 aliphatic heterocycles. The number of methoxy groups -OCH3 is 1. The Kier molecular flexibility index (Phi) is 6.75. The second kappa shape index (κ2) is 8.86. The van der Waals surface area contributed by atoms with Crippen LogP contribution >= 0.6 is 0 Å². The zero-order valence-electron chi connectivity index (χ0n) is 17.2. The number of nitro groups is 1. The van der Waals surface area contributed by atoms with Gasteiger partial charge in [-0.05, 0) is 11.6 Å². The van der Waals surface area contributed by atoms with Gasteiger partial charge in [-0.3, -0.25) is 29.4 Å². The van der Waals surface area contributed by atoms with Crippen molar-refractivity contribution < 1.29 is 24.0 Å². The predicted octanol–water partition coefficient (Wildman–Crippen LogP) is -0.0716. The standard InChI is InChI=1S/C18H25N5O6/c1-19(2)16(24)9-21-8-12-6-15(29-5)14(23(27)28)7-13(12)22(18(26)10-21)11-17(25)20(3)4/h6-7H,8-11H2,1-5H3.